The third-order valence-corrected chi connectivity index (χ3v) is 6.68. The van der Waals surface area contributed by atoms with Crippen LogP contribution in [0.2, 0.25) is 0 Å². The first-order valence-corrected chi connectivity index (χ1v) is 9.61. The van der Waals surface area contributed by atoms with E-state index in [1.54, 1.807) is 12.4 Å². The van der Waals surface area contributed by atoms with E-state index in [1.807, 2.05) is 12.1 Å². The van der Waals surface area contributed by atoms with Crippen LogP contribution in [-0.4, -0.2) is 28.3 Å². The van der Waals surface area contributed by atoms with Crippen LogP contribution in [0.15, 0.2) is 24.5 Å². The van der Waals surface area contributed by atoms with E-state index < -0.39 is 11.8 Å². The number of carbonyl (C=O) groups is 2. The molecule has 136 valence electrons. The summed E-state index contributed by atoms with van der Waals surface area (Å²) >= 11 is 0. The zero-order chi connectivity index (χ0) is 17.7. The van der Waals surface area contributed by atoms with Crippen molar-refractivity contribution in [3.8, 4) is 0 Å². The standard InChI is InChI=1S/C20H24N4O2/c25-18(19(26)24-16-10-22-15-2-1-3-21-17(15)16)23-11-20-7-12-4-13(8-20)6-14(5-12)9-20/h1-3,10,12-14,22H,4-9,11H2,(H,23,25)(H,24,26). The lowest BCUT2D eigenvalue weighted by Gasteiger charge is -2.56. The van der Waals surface area contributed by atoms with Crippen LogP contribution >= 0.6 is 0 Å². The van der Waals surface area contributed by atoms with Crippen LogP contribution in [0.4, 0.5) is 5.69 Å². The summed E-state index contributed by atoms with van der Waals surface area (Å²) in [5.74, 6) is 1.34. The second-order valence-electron chi connectivity index (χ2n) is 8.66. The number of hydrogen-bond donors (Lipinski definition) is 3. The smallest absolute Gasteiger partial charge is 0.313 e. The molecule has 0 aromatic carbocycles. The summed E-state index contributed by atoms with van der Waals surface area (Å²) in [4.78, 5) is 31.9. The summed E-state index contributed by atoms with van der Waals surface area (Å²) in [6.07, 6.45) is 11.1. The molecule has 0 radical (unpaired) electrons. The maximum absolute atomic E-state index is 12.3. The topological polar surface area (TPSA) is 86.9 Å². The normalized spacial score (nSPS) is 31.9. The molecule has 4 saturated carbocycles. The van der Waals surface area contributed by atoms with E-state index >= 15 is 0 Å². The molecular formula is C20H24N4O2. The number of nitrogens with zero attached hydrogens (tertiary/aromatic N) is 1. The summed E-state index contributed by atoms with van der Waals surface area (Å²) in [6, 6.07) is 3.70. The number of amides is 2. The number of anilines is 1. The fourth-order valence-corrected chi connectivity index (χ4v) is 6.08. The van der Waals surface area contributed by atoms with Crippen molar-refractivity contribution < 1.29 is 9.59 Å². The molecule has 0 unspecified atom stereocenters. The molecular weight excluding hydrogens is 328 g/mol. The molecule has 6 heteroatoms. The highest BCUT2D eigenvalue weighted by molar-refractivity contribution is 6.40. The maximum atomic E-state index is 12.3. The number of H-pyrrole nitrogens is 1. The number of carbonyl (C=O) groups excluding carboxylic acids is 2. The summed E-state index contributed by atoms with van der Waals surface area (Å²) in [5.41, 5.74) is 2.26. The van der Waals surface area contributed by atoms with Crippen molar-refractivity contribution in [3.63, 3.8) is 0 Å². The molecule has 26 heavy (non-hydrogen) atoms. The quantitative estimate of drug-likeness (QED) is 0.742. The molecule has 4 fully saturated rings. The first kappa shape index (κ1) is 15.9. The summed E-state index contributed by atoms with van der Waals surface area (Å²) in [7, 11) is 0. The largest absolute Gasteiger partial charge is 0.358 e. The molecule has 6 rings (SSSR count). The van der Waals surface area contributed by atoms with Crippen LogP contribution < -0.4 is 10.6 Å². The monoisotopic (exact) mass is 352 g/mol. The highest BCUT2D eigenvalue weighted by atomic mass is 16.2. The van der Waals surface area contributed by atoms with E-state index in [1.165, 1.54) is 38.5 Å². The Balaban J connectivity index is 1.22. The van der Waals surface area contributed by atoms with Gasteiger partial charge in [0.15, 0.2) is 0 Å². The molecule has 0 saturated heterocycles. The number of aromatic amines is 1. The number of nitrogens with one attached hydrogen (secondary N) is 3. The second-order valence-corrected chi connectivity index (χ2v) is 8.66. The molecule has 4 aliphatic rings. The van der Waals surface area contributed by atoms with E-state index in [0.717, 1.165) is 23.3 Å². The van der Waals surface area contributed by atoms with Gasteiger partial charge in [-0.05, 0) is 73.8 Å². The summed E-state index contributed by atoms with van der Waals surface area (Å²) in [6.45, 7) is 0.634. The Labute approximate surface area is 152 Å². The molecule has 0 aliphatic heterocycles. The zero-order valence-electron chi connectivity index (χ0n) is 14.8. The average Bonchev–Trinajstić information content (AvgIpc) is 3.02. The number of aromatic nitrogens is 2. The Morgan fingerprint density at radius 1 is 1.12 bits per heavy atom. The van der Waals surface area contributed by atoms with Crippen molar-refractivity contribution >= 4 is 28.5 Å². The SMILES string of the molecule is O=C(NCC12CC3CC(CC(C3)C1)C2)C(=O)Nc1c[nH]c2cccnc12. The Bertz CT molecular complexity index is 836. The van der Waals surface area contributed by atoms with Crippen LogP contribution in [0.1, 0.15) is 38.5 Å². The molecule has 6 nitrogen and oxygen atoms in total. The average molecular weight is 352 g/mol. The predicted octanol–water partition coefficient (Wildman–Crippen LogP) is 2.83. The summed E-state index contributed by atoms with van der Waals surface area (Å²) < 4.78 is 0. The predicted molar refractivity (Wildman–Crippen MR) is 98.3 cm³/mol. The molecule has 2 aromatic heterocycles. The van der Waals surface area contributed by atoms with Crippen molar-refractivity contribution in [2.75, 3.05) is 11.9 Å². The minimum atomic E-state index is -0.624. The van der Waals surface area contributed by atoms with Crippen molar-refractivity contribution in [2.45, 2.75) is 38.5 Å². The van der Waals surface area contributed by atoms with Gasteiger partial charge in [0.1, 0.15) is 5.52 Å². The minimum absolute atomic E-state index is 0.229. The van der Waals surface area contributed by atoms with Crippen LogP contribution in [0.25, 0.3) is 11.0 Å². The lowest BCUT2D eigenvalue weighted by Crippen LogP contribution is -2.52. The number of fused-ring (bicyclic) bond motifs is 1. The van der Waals surface area contributed by atoms with Gasteiger partial charge in [-0.3, -0.25) is 14.6 Å². The van der Waals surface area contributed by atoms with Gasteiger partial charge in [-0.1, -0.05) is 0 Å². The summed E-state index contributed by atoms with van der Waals surface area (Å²) in [5, 5.41) is 5.60. The van der Waals surface area contributed by atoms with Gasteiger partial charge in [0.05, 0.1) is 11.2 Å². The molecule has 2 amide bonds. The molecule has 0 atom stereocenters. The van der Waals surface area contributed by atoms with E-state index in [-0.39, 0.29) is 5.41 Å². The third kappa shape index (κ3) is 2.68. The van der Waals surface area contributed by atoms with Gasteiger partial charge in [-0.25, -0.2) is 0 Å². The molecule has 4 bridgehead atoms. The van der Waals surface area contributed by atoms with E-state index in [2.05, 4.69) is 20.6 Å². The third-order valence-electron chi connectivity index (χ3n) is 6.68. The molecule has 2 heterocycles. The van der Waals surface area contributed by atoms with Gasteiger partial charge in [0.25, 0.3) is 0 Å². The van der Waals surface area contributed by atoms with Gasteiger partial charge in [-0.15, -0.1) is 0 Å². The fraction of sp³-hybridized carbons (Fsp3) is 0.550. The Kier molecular flexibility index (Phi) is 3.55. The lowest BCUT2D eigenvalue weighted by atomic mass is 9.49. The molecule has 3 N–H and O–H groups in total. The Hall–Kier alpha value is -2.37. The van der Waals surface area contributed by atoms with Crippen LogP contribution in [-0.2, 0) is 9.59 Å². The number of hydrogen-bond acceptors (Lipinski definition) is 3. The number of rotatable bonds is 3. The van der Waals surface area contributed by atoms with Crippen molar-refractivity contribution in [2.24, 2.45) is 23.2 Å². The maximum Gasteiger partial charge on any atom is 0.313 e. The van der Waals surface area contributed by atoms with Crippen molar-refractivity contribution in [1.29, 1.82) is 0 Å². The van der Waals surface area contributed by atoms with Gasteiger partial charge < -0.3 is 15.6 Å². The van der Waals surface area contributed by atoms with Gasteiger partial charge in [0.2, 0.25) is 0 Å². The van der Waals surface area contributed by atoms with Gasteiger partial charge >= 0.3 is 11.8 Å². The molecule has 0 spiro atoms. The van der Waals surface area contributed by atoms with E-state index in [4.69, 9.17) is 0 Å². The second kappa shape index (κ2) is 5.83. The first-order chi connectivity index (χ1) is 12.6. The highest BCUT2D eigenvalue weighted by Crippen LogP contribution is 2.59. The van der Waals surface area contributed by atoms with Crippen LogP contribution in [0.5, 0.6) is 0 Å². The van der Waals surface area contributed by atoms with Crippen LogP contribution in [0, 0.1) is 23.2 Å². The van der Waals surface area contributed by atoms with Gasteiger partial charge in [-0.2, -0.15) is 0 Å². The Morgan fingerprint density at radius 2 is 1.81 bits per heavy atom. The Morgan fingerprint density at radius 3 is 2.50 bits per heavy atom. The van der Waals surface area contributed by atoms with Crippen molar-refractivity contribution in [1.82, 2.24) is 15.3 Å². The van der Waals surface area contributed by atoms with Crippen LogP contribution in [0.3, 0.4) is 0 Å². The molecule has 2 aromatic rings. The van der Waals surface area contributed by atoms with E-state index in [0.29, 0.717) is 17.7 Å². The zero-order valence-corrected chi connectivity index (χ0v) is 14.8. The molecule has 4 aliphatic carbocycles. The van der Waals surface area contributed by atoms with Crippen molar-refractivity contribution in [3.05, 3.63) is 24.5 Å². The first-order valence-electron chi connectivity index (χ1n) is 9.61. The fourth-order valence-electron chi connectivity index (χ4n) is 6.08. The lowest BCUT2D eigenvalue weighted by molar-refractivity contribution is -0.137. The van der Waals surface area contributed by atoms with Gasteiger partial charge in [0, 0.05) is 18.9 Å². The minimum Gasteiger partial charge on any atom is -0.358 e. The van der Waals surface area contributed by atoms with E-state index in [9.17, 15) is 9.59 Å². The number of pyridine rings is 1. The highest BCUT2D eigenvalue weighted by Gasteiger charge is 2.50.